The average molecular weight is 384 g/mol. The SMILES string of the molecule is CC(=O)N[C@H]1CC[C@H](Nc2ncc3c(N)cc(=O)n(C4CCCC4)c3n2)CC1. The van der Waals surface area contributed by atoms with Gasteiger partial charge >= 0.3 is 0 Å². The largest absolute Gasteiger partial charge is 0.398 e. The molecule has 0 aliphatic heterocycles. The van der Waals surface area contributed by atoms with Gasteiger partial charge < -0.3 is 16.4 Å². The minimum atomic E-state index is -0.0858. The first-order chi connectivity index (χ1) is 13.5. The standard InChI is InChI=1S/C20H28N6O2/c1-12(27)23-13-6-8-14(9-7-13)24-20-22-11-16-17(21)10-18(28)26(19(16)25-20)15-4-2-3-5-15/h10-11,13-15H,2-9,21H2,1H3,(H,23,27)(H,22,24,25)/t13-,14-. The molecule has 0 unspecified atom stereocenters. The lowest BCUT2D eigenvalue weighted by molar-refractivity contribution is -0.119. The van der Waals surface area contributed by atoms with Gasteiger partial charge in [-0.15, -0.1) is 0 Å². The summed E-state index contributed by atoms with van der Waals surface area (Å²) in [5.41, 5.74) is 7.03. The molecule has 150 valence electrons. The van der Waals surface area contributed by atoms with Crippen LogP contribution < -0.4 is 21.9 Å². The molecule has 0 saturated heterocycles. The Morgan fingerprint density at radius 1 is 1.14 bits per heavy atom. The molecule has 0 atom stereocenters. The number of fused-ring (bicyclic) bond motifs is 1. The van der Waals surface area contributed by atoms with E-state index in [0.29, 0.717) is 17.3 Å². The van der Waals surface area contributed by atoms with Crippen molar-refractivity contribution < 1.29 is 4.79 Å². The van der Waals surface area contributed by atoms with Crippen molar-refractivity contribution in [1.29, 1.82) is 0 Å². The molecule has 8 nitrogen and oxygen atoms in total. The van der Waals surface area contributed by atoms with Gasteiger partial charge in [0.1, 0.15) is 0 Å². The number of anilines is 2. The number of aromatic nitrogens is 3. The van der Waals surface area contributed by atoms with E-state index in [4.69, 9.17) is 10.7 Å². The van der Waals surface area contributed by atoms with Crippen LogP contribution in [0.25, 0.3) is 11.0 Å². The number of pyridine rings is 1. The summed E-state index contributed by atoms with van der Waals surface area (Å²) < 4.78 is 1.80. The highest BCUT2D eigenvalue weighted by atomic mass is 16.1. The summed E-state index contributed by atoms with van der Waals surface area (Å²) in [5, 5.41) is 7.13. The average Bonchev–Trinajstić information content (AvgIpc) is 3.17. The van der Waals surface area contributed by atoms with Crippen molar-refractivity contribution in [3.05, 3.63) is 22.6 Å². The van der Waals surface area contributed by atoms with Crippen LogP contribution >= 0.6 is 0 Å². The maximum Gasteiger partial charge on any atom is 0.254 e. The van der Waals surface area contributed by atoms with Crippen molar-refractivity contribution in [2.45, 2.75) is 76.4 Å². The second-order valence-electron chi connectivity index (χ2n) is 8.07. The first-order valence-electron chi connectivity index (χ1n) is 10.2. The van der Waals surface area contributed by atoms with Gasteiger partial charge in [-0.2, -0.15) is 4.98 Å². The zero-order chi connectivity index (χ0) is 19.7. The van der Waals surface area contributed by atoms with Crippen LogP contribution in [0.1, 0.15) is 64.3 Å². The highest BCUT2D eigenvalue weighted by Gasteiger charge is 2.24. The zero-order valence-electron chi connectivity index (χ0n) is 16.3. The normalized spacial score (nSPS) is 23.0. The van der Waals surface area contributed by atoms with Crippen LogP contribution in [0.4, 0.5) is 11.6 Å². The summed E-state index contributed by atoms with van der Waals surface area (Å²) in [4.78, 5) is 33.0. The van der Waals surface area contributed by atoms with E-state index in [9.17, 15) is 9.59 Å². The van der Waals surface area contributed by atoms with E-state index >= 15 is 0 Å². The lowest BCUT2D eigenvalue weighted by Gasteiger charge is -2.29. The van der Waals surface area contributed by atoms with Crippen LogP contribution in [0.15, 0.2) is 17.1 Å². The minimum absolute atomic E-state index is 0.0248. The highest BCUT2D eigenvalue weighted by Crippen LogP contribution is 2.31. The number of rotatable bonds is 4. The number of nitrogen functional groups attached to an aromatic ring is 1. The third-order valence-corrected chi connectivity index (χ3v) is 5.98. The Hall–Kier alpha value is -2.64. The molecule has 2 aromatic rings. The van der Waals surface area contributed by atoms with E-state index in [-0.39, 0.29) is 29.6 Å². The van der Waals surface area contributed by atoms with E-state index in [2.05, 4.69) is 15.6 Å². The summed E-state index contributed by atoms with van der Waals surface area (Å²) >= 11 is 0. The second-order valence-corrected chi connectivity index (χ2v) is 8.07. The Balaban J connectivity index is 1.57. The number of nitrogens with one attached hydrogen (secondary N) is 2. The third kappa shape index (κ3) is 3.81. The summed E-state index contributed by atoms with van der Waals surface area (Å²) in [7, 11) is 0. The zero-order valence-corrected chi connectivity index (χ0v) is 16.3. The molecule has 4 rings (SSSR count). The number of hydrogen-bond acceptors (Lipinski definition) is 6. The highest BCUT2D eigenvalue weighted by molar-refractivity contribution is 5.87. The van der Waals surface area contributed by atoms with Crippen LogP contribution in [0.2, 0.25) is 0 Å². The maximum absolute atomic E-state index is 12.6. The topological polar surface area (TPSA) is 115 Å². The maximum atomic E-state index is 12.6. The molecule has 2 saturated carbocycles. The van der Waals surface area contributed by atoms with E-state index in [1.54, 1.807) is 17.7 Å². The molecule has 0 radical (unpaired) electrons. The minimum Gasteiger partial charge on any atom is -0.398 e. The molecule has 8 heteroatoms. The molecule has 2 fully saturated rings. The van der Waals surface area contributed by atoms with Crippen LogP contribution in [0, 0.1) is 0 Å². The van der Waals surface area contributed by atoms with E-state index in [0.717, 1.165) is 56.8 Å². The Morgan fingerprint density at radius 3 is 2.50 bits per heavy atom. The molecule has 4 N–H and O–H groups in total. The first-order valence-corrected chi connectivity index (χ1v) is 10.2. The lowest BCUT2D eigenvalue weighted by atomic mass is 9.91. The van der Waals surface area contributed by atoms with E-state index in [1.807, 2.05) is 0 Å². The van der Waals surface area contributed by atoms with Gasteiger partial charge in [-0.3, -0.25) is 14.2 Å². The molecule has 0 spiro atoms. The second kappa shape index (κ2) is 7.77. The fourth-order valence-corrected chi connectivity index (χ4v) is 4.58. The van der Waals surface area contributed by atoms with Crippen LogP contribution in [-0.4, -0.2) is 32.5 Å². The molecular formula is C20H28N6O2. The van der Waals surface area contributed by atoms with Crippen LogP contribution in [0.3, 0.4) is 0 Å². The summed E-state index contributed by atoms with van der Waals surface area (Å²) in [6.07, 6.45) is 9.74. The summed E-state index contributed by atoms with van der Waals surface area (Å²) in [5.74, 6) is 0.559. The number of carbonyl (C=O) groups excluding carboxylic acids is 1. The van der Waals surface area contributed by atoms with Crippen molar-refractivity contribution in [1.82, 2.24) is 19.9 Å². The Labute approximate surface area is 163 Å². The van der Waals surface area contributed by atoms with Gasteiger partial charge in [0.05, 0.1) is 5.39 Å². The monoisotopic (exact) mass is 384 g/mol. The van der Waals surface area contributed by atoms with Crippen molar-refractivity contribution >= 4 is 28.6 Å². The van der Waals surface area contributed by atoms with Gasteiger partial charge in [0, 0.05) is 43.0 Å². The summed E-state index contributed by atoms with van der Waals surface area (Å²) in [6, 6.07) is 2.18. The molecule has 2 aliphatic rings. The smallest absolute Gasteiger partial charge is 0.254 e. The van der Waals surface area contributed by atoms with Crippen LogP contribution in [-0.2, 0) is 4.79 Å². The molecule has 0 bridgehead atoms. The number of nitrogens with two attached hydrogens (primary N) is 1. The quantitative estimate of drug-likeness (QED) is 0.745. The number of carbonyl (C=O) groups is 1. The van der Waals surface area contributed by atoms with E-state index < -0.39 is 0 Å². The van der Waals surface area contributed by atoms with Crippen molar-refractivity contribution in [2.75, 3.05) is 11.1 Å². The number of amides is 1. The van der Waals surface area contributed by atoms with E-state index in [1.165, 1.54) is 6.07 Å². The van der Waals surface area contributed by atoms with Crippen molar-refractivity contribution in [3.8, 4) is 0 Å². The van der Waals surface area contributed by atoms with Crippen molar-refractivity contribution in [3.63, 3.8) is 0 Å². The molecule has 2 aromatic heterocycles. The summed E-state index contributed by atoms with van der Waals surface area (Å²) in [6.45, 7) is 1.56. The van der Waals surface area contributed by atoms with Gasteiger partial charge in [-0.1, -0.05) is 12.8 Å². The Kier molecular flexibility index (Phi) is 5.19. The number of nitrogens with zero attached hydrogens (tertiary/aromatic N) is 3. The first kappa shape index (κ1) is 18.7. The molecule has 0 aromatic carbocycles. The predicted octanol–water partition coefficient (Wildman–Crippen LogP) is 2.35. The van der Waals surface area contributed by atoms with Gasteiger partial charge in [0.25, 0.3) is 5.56 Å². The van der Waals surface area contributed by atoms with Gasteiger partial charge in [-0.25, -0.2) is 4.98 Å². The van der Waals surface area contributed by atoms with Gasteiger partial charge in [0.2, 0.25) is 11.9 Å². The molecule has 28 heavy (non-hydrogen) atoms. The van der Waals surface area contributed by atoms with Gasteiger partial charge in [0.15, 0.2) is 5.65 Å². The van der Waals surface area contributed by atoms with Crippen molar-refractivity contribution in [2.24, 2.45) is 0 Å². The molecular weight excluding hydrogens is 356 g/mol. The fraction of sp³-hybridized carbons (Fsp3) is 0.600. The predicted molar refractivity (Wildman–Crippen MR) is 109 cm³/mol. The molecule has 1 amide bonds. The number of hydrogen-bond donors (Lipinski definition) is 3. The van der Waals surface area contributed by atoms with Crippen LogP contribution in [0.5, 0.6) is 0 Å². The Bertz CT molecular complexity index is 926. The lowest BCUT2D eigenvalue weighted by Crippen LogP contribution is -2.39. The Morgan fingerprint density at radius 2 is 1.82 bits per heavy atom. The molecule has 2 heterocycles. The molecule has 2 aliphatic carbocycles. The van der Waals surface area contributed by atoms with Gasteiger partial charge in [-0.05, 0) is 38.5 Å². The third-order valence-electron chi connectivity index (χ3n) is 5.98. The fourth-order valence-electron chi connectivity index (χ4n) is 4.58.